The van der Waals surface area contributed by atoms with Gasteiger partial charge < -0.3 is 25.0 Å². The summed E-state index contributed by atoms with van der Waals surface area (Å²) in [6.07, 6.45) is 5.49. The van der Waals surface area contributed by atoms with Crippen molar-refractivity contribution in [3.05, 3.63) is 42.7 Å². The molecule has 8 nitrogen and oxygen atoms in total. The third-order valence-electron chi connectivity index (χ3n) is 5.06. The third-order valence-corrected chi connectivity index (χ3v) is 5.06. The van der Waals surface area contributed by atoms with E-state index in [1.165, 1.54) is 7.11 Å². The second-order valence-electron chi connectivity index (χ2n) is 6.87. The Hall–Kier alpha value is -3.29. The fourth-order valence-corrected chi connectivity index (χ4v) is 3.35. The molecule has 0 saturated carbocycles. The summed E-state index contributed by atoms with van der Waals surface area (Å²) in [6, 6.07) is 8.97. The number of nitrogens with one attached hydrogen (secondary N) is 2. The van der Waals surface area contributed by atoms with Gasteiger partial charge in [-0.3, -0.25) is 14.6 Å². The van der Waals surface area contributed by atoms with Crippen LogP contribution in [0.2, 0.25) is 0 Å². The number of rotatable bonds is 6. The van der Waals surface area contributed by atoms with E-state index in [9.17, 15) is 9.59 Å². The second-order valence-corrected chi connectivity index (χ2v) is 6.87. The fraction of sp³-hybridized carbons (Fsp3) is 0.381. The van der Waals surface area contributed by atoms with E-state index in [1.807, 2.05) is 12.1 Å². The second kappa shape index (κ2) is 9.77. The minimum Gasteiger partial charge on any atom is -0.497 e. The topological polar surface area (TPSA) is 92.8 Å². The first-order valence-corrected chi connectivity index (χ1v) is 9.57. The van der Waals surface area contributed by atoms with Crippen LogP contribution in [0, 0.1) is 5.92 Å². The molecule has 2 aromatic rings. The van der Waals surface area contributed by atoms with E-state index in [0.29, 0.717) is 29.6 Å². The number of ether oxygens (including phenoxy) is 2. The molecular formula is C21H26N4O4. The summed E-state index contributed by atoms with van der Waals surface area (Å²) < 4.78 is 10.4. The lowest BCUT2D eigenvalue weighted by Gasteiger charge is -2.33. The molecule has 1 aromatic carbocycles. The minimum atomic E-state index is -0.720. The standard InChI is InChI=1S/C21H26N4O4/c1-28-17-3-4-18(19(13-17)29-2)24-21(27)20(26)23-14-15-7-11-25(12-8-15)16-5-9-22-10-6-16/h3-6,9-10,13,15H,7-8,11-12,14H2,1-2H3,(H,23,26)(H,24,27). The lowest BCUT2D eigenvalue weighted by molar-refractivity contribution is -0.136. The number of anilines is 2. The number of carbonyl (C=O) groups is 2. The van der Waals surface area contributed by atoms with Gasteiger partial charge in [0.25, 0.3) is 0 Å². The van der Waals surface area contributed by atoms with Crippen molar-refractivity contribution in [3.8, 4) is 11.5 Å². The molecule has 0 spiro atoms. The molecule has 0 bridgehead atoms. The van der Waals surface area contributed by atoms with Gasteiger partial charge in [-0.25, -0.2) is 0 Å². The van der Waals surface area contributed by atoms with Crippen molar-refractivity contribution in [2.75, 3.05) is 44.1 Å². The zero-order valence-electron chi connectivity index (χ0n) is 16.7. The van der Waals surface area contributed by atoms with Crippen molar-refractivity contribution in [3.63, 3.8) is 0 Å². The van der Waals surface area contributed by atoms with Crippen LogP contribution < -0.4 is 25.0 Å². The normalized spacial score (nSPS) is 14.2. The first-order chi connectivity index (χ1) is 14.1. The summed E-state index contributed by atoms with van der Waals surface area (Å²) in [5, 5.41) is 5.33. The average Bonchev–Trinajstić information content (AvgIpc) is 2.78. The maximum Gasteiger partial charge on any atom is 0.313 e. The number of piperidine rings is 1. The monoisotopic (exact) mass is 398 g/mol. The average molecular weight is 398 g/mol. The molecule has 1 saturated heterocycles. The molecule has 2 amide bonds. The Labute approximate surface area is 170 Å². The molecule has 1 fully saturated rings. The van der Waals surface area contributed by atoms with Gasteiger partial charge in [-0.1, -0.05) is 0 Å². The molecule has 1 aliphatic heterocycles. The SMILES string of the molecule is COc1ccc(NC(=O)C(=O)NCC2CCN(c3ccncc3)CC2)c(OC)c1. The van der Waals surface area contributed by atoms with E-state index in [1.54, 1.807) is 37.7 Å². The van der Waals surface area contributed by atoms with Crippen LogP contribution in [-0.4, -0.2) is 50.7 Å². The lowest BCUT2D eigenvalue weighted by Crippen LogP contribution is -2.41. The van der Waals surface area contributed by atoms with Crippen molar-refractivity contribution in [1.29, 1.82) is 0 Å². The van der Waals surface area contributed by atoms with Crippen LogP contribution in [0.15, 0.2) is 42.7 Å². The van der Waals surface area contributed by atoms with Gasteiger partial charge in [0.05, 0.1) is 19.9 Å². The van der Waals surface area contributed by atoms with Crippen molar-refractivity contribution in [2.24, 2.45) is 5.92 Å². The summed E-state index contributed by atoms with van der Waals surface area (Å²) in [6.45, 7) is 2.32. The van der Waals surface area contributed by atoms with Crippen LogP contribution in [0.25, 0.3) is 0 Å². The summed E-state index contributed by atoms with van der Waals surface area (Å²) in [5.74, 6) is -0.00104. The van der Waals surface area contributed by atoms with E-state index < -0.39 is 11.8 Å². The van der Waals surface area contributed by atoms with Gasteiger partial charge in [-0.2, -0.15) is 0 Å². The Kier molecular flexibility index (Phi) is 6.89. The molecule has 1 aromatic heterocycles. The molecule has 1 aliphatic rings. The predicted octanol–water partition coefficient (Wildman–Crippen LogP) is 2.07. The van der Waals surface area contributed by atoms with Crippen LogP contribution in [0.1, 0.15) is 12.8 Å². The van der Waals surface area contributed by atoms with Gasteiger partial charge in [0.1, 0.15) is 11.5 Å². The molecule has 0 radical (unpaired) electrons. The van der Waals surface area contributed by atoms with Gasteiger partial charge in [0, 0.05) is 43.8 Å². The molecule has 29 heavy (non-hydrogen) atoms. The maximum absolute atomic E-state index is 12.2. The molecule has 0 unspecified atom stereocenters. The first-order valence-electron chi connectivity index (χ1n) is 9.57. The Morgan fingerprint density at radius 2 is 1.79 bits per heavy atom. The number of hydrogen-bond acceptors (Lipinski definition) is 6. The fourth-order valence-electron chi connectivity index (χ4n) is 3.35. The zero-order valence-corrected chi connectivity index (χ0v) is 16.7. The molecule has 154 valence electrons. The van der Waals surface area contributed by atoms with Crippen LogP contribution in [0.3, 0.4) is 0 Å². The molecule has 2 N–H and O–H groups in total. The maximum atomic E-state index is 12.2. The first kappa shape index (κ1) is 20.4. The van der Waals surface area contributed by atoms with Crippen LogP contribution in [0.4, 0.5) is 11.4 Å². The number of methoxy groups -OCH3 is 2. The highest BCUT2D eigenvalue weighted by atomic mass is 16.5. The van der Waals surface area contributed by atoms with Crippen molar-refractivity contribution in [1.82, 2.24) is 10.3 Å². The number of carbonyl (C=O) groups excluding carboxylic acids is 2. The van der Waals surface area contributed by atoms with Crippen LogP contribution >= 0.6 is 0 Å². The number of pyridine rings is 1. The number of nitrogens with zero attached hydrogens (tertiary/aromatic N) is 2. The molecule has 0 aliphatic carbocycles. The molecular weight excluding hydrogens is 372 g/mol. The highest BCUT2D eigenvalue weighted by Gasteiger charge is 2.22. The van der Waals surface area contributed by atoms with E-state index in [4.69, 9.17) is 9.47 Å². The Morgan fingerprint density at radius 3 is 2.45 bits per heavy atom. The number of amides is 2. The van der Waals surface area contributed by atoms with Gasteiger partial charge in [-0.15, -0.1) is 0 Å². The summed E-state index contributed by atoms with van der Waals surface area (Å²) in [5.41, 5.74) is 1.58. The molecule has 3 rings (SSSR count). The van der Waals surface area contributed by atoms with Crippen molar-refractivity contribution in [2.45, 2.75) is 12.8 Å². The summed E-state index contributed by atoms with van der Waals surface area (Å²) >= 11 is 0. The van der Waals surface area contributed by atoms with E-state index in [-0.39, 0.29) is 0 Å². The van der Waals surface area contributed by atoms with Crippen LogP contribution in [0.5, 0.6) is 11.5 Å². The van der Waals surface area contributed by atoms with Gasteiger partial charge in [0.15, 0.2) is 0 Å². The Morgan fingerprint density at radius 1 is 1.07 bits per heavy atom. The van der Waals surface area contributed by atoms with Crippen molar-refractivity contribution < 1.29 is 19.1 Å². The van der Waals surface area contributed by atoms with E-state index in [2.05, 4.69) is 20.5 Å². The van der Waals surface area contributed by atoms with Gasteiger partial charge in [0.2, 0.25) is 0 Å². The predicted molar refractivity (Wildman–Crippen MR) is 110 cm³/mol. The highest BCUT2D eigenvalue weighted by Crippen LogP contribution is 2.29. The summed E-state index contributed by atoms with van der Waals surface area (Å²) in [4.78, 5) is 30.8. The quantitative estimate of drug-likeness (QED) is 0.724. The Bertz CT molecular complexity index is 836. The highest BCUT2D eigenvalue weighted by molar-refractivity contribution is 6.39. The smallest absolute Gasteiger partial charge is 0.313 e. The third kappa shape index (κ3) is 5.37. The number of hydrogen-bond donors (Lipinski definition) is 2. The summed E-state index contributed by atoms with van der Waals surface area (Å²) in [7, 11) is 3.03. The number of benzene rings is 1. The molecule has 8 heteroatoms. The number of aromatic nitrogens is 1. The van der Waals surface area contributed by atoms with E-state index >= 15 is 0 Å². The minimum absolute atomic E-state index is 0.348. The van der Waals surface area contributed by atoms with Gasteiger partial charge in [-0.05, 0) is 43.0 Å². The lowest BCUT2D eigenvalue weighted by atomic mass is 9.96. The largest absolute Gasteiger partial charge is 0.497 e. The Balaban J connectivity index is 1.46. The van der Waals surface area contributed by atoms with Gasteiger partial charge >= 0.3 is 11.8 Å². The zero-order chi connectivity index (χ0) is 20.6. The molecule has 2 heterocycles. The van der Waals surface area contributed by atoms with E-state index in [0.717, 1.165) is 31.6 Å². The molecule has 0 atom stereocenters. The van der Waals surface area contributed by atoms with Crippen LogP contribution in [-0.2, 0) is 9.59 Å². The van der Waals surface area contributed by atoms with Crippen molar-refractivity contribution >= 4 is 23.2 Å².